The summed E-state index contributed by atoms with van der Waals surface area (Å²) in [5.41, 5.74) is -5.00. The Morgan fingerprint density at radius 3 is 2.37 bits per heavy atom. The summed E-state index contributed by atoms with van der Waals surface area (Å²) in [5.74, 6) is -5.38. The third-order valence-corrected chi connectivity index (χ3v) is 16.3. The minimum absolute atomic E-state index is 0.0433. The number of rotatable bonds is 14. The molecule has 1 saturated heterocycles. The van der Waals surface area contributed by atoms with Crippen molar-refractivity contribution in [2.24, 2.45) is 28.1 Å². The van der Waals surface area contributed by atoms with Crippen LogP contribution in [0, 0.1) is 28.1 Å². The molecule has 2 heterocycles. The van der Waals surface area contributed by atoms with E-state index in [1.165, 1.54) is 12.2 Å². The highest BCUT2D eigenvalue weighted by atomic mass is 19.1. The number of pyridine rings is 1. The molecule has 0 radical (unpaired) electrons. The number of Topliss-reactive ketones (excluding diaryl/α,β-unsaturated/α-hetero) is 1. The Hall–Kier alpha value is -5.84. The van der Waals surface area contributed by atoms with Gasteiger partial charge in [-0.05, 0) is 138 Å². The quantitative estimate of drug-likeness (QED) is 0.103. The van der Waals surface area contributed by atoms with Gasteiger partial charge in [-0.25, -0.2) is 9.18 Å². The Labute approximate surface area is 412 Å². The number of ether oxygens (including phenoxy) is 5. The molecule has 15 nitrogen and oxygen atoms in total. The first kappa shape index (κ1) is 50.1. The van der Waals surface area contributed by atoms with Gasteiger partial charge >= 0.3 is 18.0 Å². The van der Waals surface area contributed by atoms with Crippen molar-refractivity contribution in [3.8, 4) is 0 Å². The Balaban J connectivity index is 0.806. The van der Waals surface area contributed by atoms with Crippen molar-refractivity contribution < 1.29 is 61.9 Å². The molecule has 0 spiro atoms. The molecule has 3 N–H and O–H groups in total. The van der Waals surface area contributed by atoms with Gasteiger partial charge in [-0.2, -0.15) is 0 Å². The number of fused-ring (bicyclic) bond motifs is 8. The molecule has 16 heteroatoms. The van der Waals surface area contributed by atoms with Crippen LogP contribution in [0.25, 0.3) is 10.8 Å². The minimum Gasteiger partial charge on any atom is -0.461 e. The first-order valence-electron chi connectivity index (χ1n) is 24.6. The van der Waals surface area contributed by atoms with Crippen LogP contribution in [0.15, 0.2) is 84.7 Å². The van der Waals surface area contributed by atoms with Crippen molar-refractivity contribution in [3.63, 3.8) is 0 Å². The number of hydrogen-bond acceptors (Lipinski definition) is 13. The van der Waals surface area contributed by atoms with Gasteiger partial charge in [0, 0.05) is 46.8 Å². The van der Waals surface area contributed by atoms with Crippen LogP contribution in [-0.4, -0.2) is 93.6 Å². The molecule has 6 aliphatic rings. The lowest BCUT2D eigenvalue weighted by atomic mass is 9.44. The third kappa shape index (κ3) is 9.20. The van der Waals surface area contributed by atoms with Gasteiger partial charge < -0.3 is 39.4 Å². The standard InChI is InChI=1S/C55H64FN3O12/c1-49(2,3)70-48(66)58-29-39(47(65)59-37-14-12-35-28-57-21-17-34(35)22-37)33-10-8-32(9-11-33)30-67-45(63)26-53(19-20-53)27-46(64)68-31-43(62)55-44(69-50(4,5)71-55)24-41-40-15-13-36-23-38(60)16-18-51(36,6)54(40,56)42(61)25-52(41,55)7/h8-12,14,16-18,21-23,28,39-42,44,61H,13,15,19-20,24-27,29-31H2,1-7H3,(H,58,66)(H,59,65)/t39-,40+,41+,42+,44-,51+,52+,54+,55-/m1/s1. The molecule has 0 bridgehead atoms. The van der Waals surface area contributed by atoms with Gasteiger partial charge in [0.1, 0.15) is 12.2 Å². The molecule has 3 aromatic rings. The number of anilines is 1. The second-order valence-corrected chi connectivity index (χ2v) is 22.5. The van der Waals surface area contributed by atoms with E-state index in [2.05, 4.69) is 15.6 Å². The van der Waals surface area contributed by atoms with E-state index in [1.54, 1.807) is 90.3 Å². The molecule has 71 heavy (non-hydrogen) atoms. The van der Waals surface area contributed by atoms with E-state index in [1.807, 2.05) is 25.1 Å². The average molecular weight is 978 g/mol. The first-order valence-corrected chi connectivity index (χ1v) is 24.6. The smallest absolute Gasteiger partial charge is 0.407 e. The predicted molar refractivity (Wildman–Crippen MR) is 257 cm³/mol. The van der Waals surface area contributed by atoms with E-state index < -0.39 is 99.3 Å². The van der Waals surface area contributed by atoms with E-state index >= 15 is 4.39 Å². The molecule has 2 aromatic carbocycles. The number of esters is 2. The summed E-state index contributed by atoms with van der Waals surface area (Å²) in [5, 5.41) is 19.4. The van der Waals surface area contributed by atoms with Gasteiger partial charge in [0.15, 0.2) is 29.4 Å². The van der Waals surface area contributed by atoms with Gasteiger partial charge in [0.25, 0.3) is 0 Å². The number of amides is 2. The second kappa shape index (κ2) is 18.0. The van der Waals surface area contributed by atoms with E-state index in [4.69, 9.17) is 23.7 Å². The topological polar surface area (TPSA) is 206 Å². The van der Waals surface area contributed by atoms with Crippen molar-refractivity contribution in [3.05, 3.63) is 95.9 Å². The zero-order valence-corrected chi connectivity index (χ0v) is 41.4. The molecule has 1 aliphatic heterocycles. The van der Waals surface area contributed by atoms with Crippen LogP contribution in [0.2, 0.25) is 0 Å². The summed E-state index contributed by atoms with van der Waals surface area (Å²) in [6.45, 7) is 11.5. The highest BCUT2D eigenvalue weighted by Crippen LogP contribution is 2.72. The number of nitrogens with zero attached hydrogens (tertiary/aromatic N) is 1. The second-order valence-electron chi connectivity index (χ2n) is 22.5. The molecule has 0 unspecified atom stereocenters. The number of nitrogens with one attached hydrogen (secondary N) is 2. The van der Waals surface area contributed by atoms with Crippen LogP contribution in [0.5, 0.6) is 0 Å². The molecule has 5 fully saturated rings. The van der Waals surface area contributed by atoms with Gasteiger partial charge in [-0.15, -0.1) is 0 Å². The van der Waals surface area contributed by atoms with Gasteiger partial charge in [-0.1, -0.05) is 48.9 Å². The Bertz CT molecular complexity index is 2730. The maximum atomic E-state index is 17.8. The van der Waals surface area contributed by atoms with Crippen LogP contribution >= 0.6 is 0 Å². The summed E-state index contributed by atoms with van der Waals surface area (Å²) in [6, 6.07) is 14.3. The van der Waals surface area contributed by atoms with Crippen LogP contribution in [0.3, 0.4) is 0 Å². The zero-order chi connectivity index (χ0) is 50.9. The number of aliphatic hydroxyl groups excluding tert-OH is 1. The number of hydrogen-bond donors (Lipinski definition) is 3. The molecule has 2 amide bonds. The van der Waals surface area contributed by atoms with E-state index in [0.29, 0.717) is 54.5 Å². The Morgan fingerprint density at radius 1 is 0.944 bits per heavy atom. The number of benzene rings is 2. The molecule has 9 rings (SSSR count). The summed E-state index contributed by atoms with van der Waals surface area (Å²) < 4.78 is 47.6. The van der Waals surface area contributed by atoms with Crippen molar-refractivity contribution in [1.29, 1.82) is 0 Å². The van der Waals surface area contributed by atoms with Gasteiger partial charge in [0.2, 0.25) is 11.7 Å². The molecule has 378 valence electrons. The normalized spacial score (nSPS) is 31.2. The number of carbonyl (C=O) groups is 6. The number of alkyl halides is 1. The van der Waals surface area contributed by atoms with E-state index in [-0.39, 0.29) is 44.1 Å². The number of aromatic nitrogens is 1. The molecule has 1 aromatic heterocycles. The molecular formula is C55H64FN3O12. The number of ketones is 2. The van der Waals surface area contributed by atoms with E-state index in [0.717, 1.165) is 10.8 Å². The summed E-state index contributed by atoms with van der Waals surface area (Å²) in [4.78, 5) is 84.2. The van der Waals surface area contributed by atoms with Crippen LogP contribution in [0.4, 0.5) is 14.9 Å². The first-order chi connectivity index (χ1) is 33.4. The lowest BCUT2D eigenvalue weighted by molar-refractivity contribution is -0.246. The fourth-order valence-corrected chi connectivity index (χ4v) is 12.6. The zero-order valence-electron chi connectivity index (χ0n) is 41.4. The number of carbonyl (C=O) groups excluding carboxylic acids is 6. The van der Waals surface area contributed by atoms with Crippen LogP contribution in [-0.2, 0) is 54.3 Å². The number of allylic oxidation sites excluding steroid dienone is 4. The van der Waals surface area contributed by atoms with Gasteiger partial charge in [0.05, 0.1) is 31.0 Å². The summed E-state index contributed by atoms with van der Waals surface area (Å²) >= 11 is 0. The Morgan fingerprint density at radius 2 is 1.66 bits per heavy atom. The van der Waals surface area contributed by atoms with Crippen LogP contribution < -0.4 is 10.6 Å². The highest BCUT2D eigenvalue weighted by Gasteiger charge is 2.80. The van der Waals surface area contributed by atoms with E-state index in [9.17, 15) is 33.9 Å². The fraction of sp³-hybridized carbons (Fsp3) is 0.545. The molecule has 5 aliphatic carbocycles. The van der Waals surface area contributed by atoms with Crippen LogP contribution in [0.1, 0.15) is 117 Å². The predicted octanol–water partition coefficient (Wildman–Crippen LogP) is 8.07. The summed E-state index contributed by atoms with van der Waals surface area (Å²) in [6.07, 6.45) is 6.90. The fourth-order valence-electron chi connectivity index (χ4n) is 12.6. The third-order valence-electron chi connectivity index (χ3n) is 16.3. The number of alkyl carbamates (subject to hydrolysis) is 1. The molecule has 9 atom stereocenters. The molecule has 4 saturated carbocycles. The lowest BCUT2D eigenvalue weighted by Crippen LogP contribution is -2.70. The van der Waals surface area contributed by atoms with Crippen molar-refractivity contribution >= 4 is 52.0 Å². The average Bonchev–Trinajstić information content (AvgIpc) is 3.92. The number of aliphatic hydroxyl groups is 1. The monoisotopic (exact) mass is 977 g/mol. The van der Waals surface area contributed by atoms with Gasteiger partial charge in [-0.3, -0.25) is 29.0 Å². The lowest BCUT2D eigenvalue weighted by Gasteiger charge is -2.62. The van der Waals surface area contributed by atoms with Crippen molar-refractivity contribution in [1.82, 2.24) is 10.3 Å². The largest absolute Gasteiger partial charge is 0.461 e. The number of halogens is 1. The summed E-state index contributed by atoms with van der Waals surface area (Å²) in [7, 11) is 0. The minimum atomic E-state index is -2.11. The Kier molecular flexibility index (Phi) is 12.7. The maximum absolute atomic E-state index is 17.8. The SMILES string of the molecule is CC(C)(C)OC(=O)NC[C@@H](C(=O)Nc1ccc2cnccc2c1)c1ccc(COC(=O)CC2(CC(=O)OCC(=O)[C@@]34OC(C)(C)O[C@@H]3C[C@H]3[C@@H]5CCC6=CC(=O)C=C[C@]6(C)[C@@]5(F)[C@@H](O)C[C@@]34C)CC2)cc1. The maximum Gasteiger partial charge on any atom is 0.407 e. The highest BCUT2D eigenvalue weighted by molar-refractivity contribution is 6.01. The molecular weight excluding hydrogens is 914 g/mol. The van der Waals surface area contributed by atoms with Crippen molar-refractivity contribution in [2.75, 3.05) is 18.5 Å². The van der Waals surface area contributed by atoms with Crippen molar-refractivity contribution in [2.45, 2.75) is 147 Å².